The number of nitrogens with zero attached hydrogens (tertiary/aromatic N) is 5. The van der Waals surface area contributed by atoms with Crippen LogP contribution in [0.25, 0.3) is 39.4 Å². The average Bonchev–Trinajstić information content (AvgIpc) is 3.72. The number of hydrogen-bond donors (Lipinski definition) is 0. The van der Waals surface area contributed by atoms with E-state index in [1.807, 2.05) is 90.6 Å². The number of hydrogen-bond acceptors (Lipinski definition) is 7. The molecule has 0 aliphatic rings. The number of aromatic nitrogens is 5. The van der Waals surface area contributed by atoms with Gasteiger partial charge in [-0.05, 0) is 79.6 Å². The summed E-state index contributed by atoms with van der Waals surface area (Å²) in [7, 11) is 0. The minimum Gasteiger partial charge on any atom is -0.493 e. The molecule has 3 heterocycles. The van der Waals surface area contributed by atoms with Gasteiger partial charge in [-0.3, -0.25) is 4.79 Å². The lowest BCUT2D eigenvalue weighted by atomic mass is 10.0. The van der Waals surface area contributed by atoms with Gasteiger partial charge in [-0.25, -0.2) is 4.68 Å². The van der Waals surface area contributed by atoms with Crippen LogP contribution in [-0.4, -0.2) is 37.6 Å². The van der Waals surface area contributed by atoms with Crippen molar-refractivity contribution in [2.45, 2.75) is 26.7 Å². The lowest BCUT2D eigenvalue weighted by Gasteiger charge is -2.10. The largest absolute Gasteiger partial charge is 0.493 e. The zero-order valence-corrected chi connectivity index (χ0v) is 24.9. The van der Waals surface area contributed by atoms with E-state index in [-0.39, 0.29) is 5.56 Å². The van der Waals surface area contributed by atoms with Crippen molar-refractivity contribution in [2.75, 3.05) is 13.2 Å². The van der Waals surface area contributed by atoms with Gasteiger partial charge >= 0.3 is 0 Å². The van der Waals surface area contributed by atoms with Crippen LogP contribution in [0, 0.1) is 6.92 Å². The smallest absolute Gasteiger partial charge is 0.291 e. The van der Waals surface area contributed by atoms with Gasteiger partial charge in [0.1, 0.15) is 23.8 Å². The molecule has 216 valence electrons. The van der Waals surface area contributed by atoms with Crippen LogP contribution < -0.4 is 19.6 Å². The second-order valence-corrected chi connectivity index (χ2v) is 11.1. The molecule has 0 saturated carbocycles. The molecule has 43 heavy (non-hydrogen) atoms. The van der Waals surface area contributed by atoms with E-state index in [0.717, 1.165) is 58.0 Å². The van der Waals surface area contributed by atoms with Crippen molar-refractivity contribution < 1.29 is 9.47 Å². The number of para-hydroxylation sites is 1. The van der Waals surface area contributed by atoms with Crippen LogP contribution in [0.3, 0.4) is 0 Å². The molecule has 0 atom stereocenters. The van der Waals surface area contributed by atoms with Crippen LogP contribution in [0.15, 0.2) is 96.4 Å². The molecule has 8 nitrogen and oxygen atoms in total. The van der Waals surface area contributed by atoms with Crippen molar-refractivity contribution in [3.05, 3.63) is 118 Å². The first-order valence-corrected chi connectivity index (χ1v) is 15.0. The lowest BCUT2D eigenvalue weighted by Crippen LogP contribution is -2.23. The minimum atomic E-state index is -0.223. The fourth-order valence-corrected chi connectivity index (χ4v) is 5.57. The zero-order chi connectivity index (χ0) is 29.8. The SMILES string of the molecule is C=CCOc1ccc(-c2nc3sc(=Cc4cn(-c5ccccc5)nc4-c4ccc(OCCCC)c(C)c4)c(=O)n3n2)cc1. The van der Waals surface area contributed by atoms with E-state index in [1.54, 1.807) is 6.08 Å². The third kappa shape index (κ3) is 5.98. The standard InChI is InChI=1S/C34H31N5O3S/c1-4-6-19-42-29-17-14-25(20-23(29)3)31-26(22-38(36-31)27-10-8-7-9-11-27)21-30-33(40)39-34(43-30)35-32(37-39)24-12-15-28(16-13-24)41-18-5-2/h5,7-17,20-22H,2,4,6,18-19H2,1,3H3. The van der Waals surface area contributed by atoms with Crippen molar-refractivity contribution in [1.29, 1.82) is 0 Å². The van der Waals surface area contributed by atoms with Gasteiger partial charge in [0.15, 0.2) is 5.82 Å². The predicted molar refractivity (Wildman–Crippen MR) is 171 cm³/mol. The summed E-state index contributed by atoms with van der Waals surface area (Å²) in [6.07, 6.45) is 7.61. The number of unbranched alkanes of at least 4 members (excludes halogenated alkanes) is 1. The first-order valence-electron chi connectivity index (χ1n) is 14.2. The Morgan fingerprint density at radius 3 is 2.49 bits per heavy atom. The summed E-state index contributed by atoms with van der Waals surface area (Å²) in [5.41, 5.74) is 5.07. The quantitative estimate of drug-likeness (QED) is 0.131. The molecule has 9 heteroatoms. The van der Waals surface area contributed by atoms with Gasteiger partial charge in [-0.15, -0.1) is 5.10 Å². The molecule has 0 spiro atoms. The molecule has 6 aromatic rings. The van der Waals surface area contributed by atoms with Crippen LogP contribution in [0.5, 0.6) is 11.5 Å². The number of thiazole rings is 1. The lowest BCUT2D eigenvalue weighted by molar-refractivity contribution is 0.307. The van der Waals surface area contributed by atoms with E-state index in [1.165, 1.54) is 15.9 Å². The average molecular weight is 590 g/mol. The molecule has 3 aromatic heterocycles. The van der Waals surface area contributed by atoms with E-state index < -0.39 is 0 Å². The molecule has 0 unspecified atom stereocenters. The van der Waals surface area contributed by atoms with E-state index in [9.17, 15) is 4.79 Å². The Labute approximate surface area is 253 Å². The fraction of sp³-hybridized carbons (Fsp3) is 0.176. The van der Waals surface area contributed by atoms with Gasteiger partial charge in [-0.2, -0.15) is 14.6 Å². The second-order valence-electron chi connectivity index (χ2n) is 10.1. The van der Waals surface area contributed by atoms with Gasteiger partial charge in [0.25, 0.3) is 5.56 Å². The van der Waals surface area contributed by atoms with E-state index in [2.05, 4.69) is 29.7 Å². The van der Waals surface area contributed by atoms with Gasteiger partial charge in [-0.1, -0.05) is 55.5 Å². The summed E-state index contributed by atoms with van der Waals surface area (Å²) in [6, 6.07) is 23.5. The van der Waals surface area contributed by atoms with E-state index in [4.69, 9.17) is 14.6 Å². The highest BCUT2D eigenvalue weighted by molar-refractivity contribution is 7.15. The molecule has 0 fully saturated rings. The Kier molecular flexibility index (Phi) is 8.15. The maximum Gasteiger partial charge on any atom is 0.291 e. The molecule has 0 aliphatic heterocycles. The van der Waals surface area contributed by atoms with E-state index in [0.29, 0.717) is 28.5 Å². The highest BCUT2D eigenvalue weighted by atomic mass is 32.1. The molecule has 0 bridgehead atoms. The second kappa shape index (κ2) is 12.5. The van der Waals surface area contributed by atoms with Crippen LogP contribution >= 0.6 is 11.3 Å². The molecular weight excluding hydrogens is 558 g/mol. The van der Waals surface area contributed by atoms with Crippen molar-refractivity contribution in [1.82, 2.24) is 24.4 Å². The maximum absolute atomic E-state index is 13.5. The van der Waals surface area contributed by atoms with Crippen LogP contribution in [-0.2, 0) is 0 Å². The minimum absolute atomic E-state index is 0.223. The summed E-state index contributed by atoms with van der Waals surface area (Å²) in [6.45, 7) is 8.97. The first kappa shape index (κ1) is 28.1. The summed E-state index contributed by atoms with van der Waals surface area (Å²) in [5.74, 6) is 2.08. The van der Waals surface area contributed by atoms with Crippen molar-refractivity contribution >= 4 is 22.4 Å². The molecule has 0 saturated heterocycles. The normalized spacial score (nSPS) is 11.7. The molecule has 0 radical (unpaired) electrons. The molecule has 3 aromatic carbocycles. The van der Waals surface area contributed by atoms with Crippen molar-refractivity contribution in [3.63, 3.8) is 0 Å². The first-order chi connectivity index (χ1) is 21.0. The highest BCUT2D eigenvalue weighted by Crippen LogP contribution is 2.29. The summed E-state index contributed by atoms with van der Waals surface area (Å²) >= 11 is 1.30. The Morgan fingerprint density at radius 2 is 1.77 bits per heavy atom. The summed E-state index contributed by atoms with van der Waals surface area (Å²) < 4.78 is 15.3. The molecule has 0 amide bonds. The van der Waals surface area contributed by atoms with Crippen LogP contribution in [0.2, 0.25) is 0 Å². The Balaban J connectivity index is 1.38. The Hall–Kier alpha value is -5.02. The Bertz CT molecular complexity index is 1990. The van der Waals surface area contributed by atoms with Crippen molar-refractivity contribution in [3.8, 4) is 39.8 Å². The molecule has 0 aliphatic carbocycles. The molecular formula is C34H31N5O3S. The predicted octanol–water partition coefficient (Wildman–Crippen LogP) is 6.27. The fourth-order valence-electron chi connectivity index (χ4n) is 4.67. The zero-order valence-electron chi connectivity index (χ0n) is 24.1. The maximum atomic E-state index is 13.5. The highest BCUT2D eigenvalue weighted by Gasteiger charge is 2.16. The topological polar surface area (TPSA) is 83.5 Å². The summed E-state index contributed by atoms with van der Waals surface area (Å²) in [4.78, 5) is 18.6. The van der Waals surface area contributed by atoms with Gasteiger partial charge in [0.2, 0.25) is 4.96 Å². The van der Waals surface area contributed by atoms with E-state index >= 15 is 0 Å². The number of ether oxygens (including phenoxy) is 2. The number of benzene rings is 3. The third-order valence-corrected chi connectivity index (χ3v) is 7.88. The van der Waals surface area contributed by atoms with Crippen LogP contribution in [0.4, 0.5) is 0 Å². The van der Waals surface area contributed by atoms with Crippen LogP contribution in [0.1, 0.15) is 30.9 Å². The Morgan fingerprint density at radius 1 is 0.977 bits per heavy atom. The monoisotopic (exact) mass is 589 g/mol. The number of rotatable bonds is 11. The third-order valence-electron chi connectivity index (χ3n) is 6.92. The number of fused-ring (bicyclic) bond motifs is 1. The summed E-state index contributed by atoms with van der Waals surface area (Å²) in [5, 5.41) is 9.45. The number of aryl methyl sites for hydroxylation is 1. The van der Waals surface area contributed by atoms with Gasteiger partial charge in [0, 0.05) is 22.9 Å². The van der Waals surface area contributed by atoms with Gasteiger partial charge in [0.05, 0.1) is 16.8 Å². The van der Waals surface area contributed by atoms with Crippen molar-refractivity contribution in [2.24, 2.45) is 0 Å². The van der Waals surface area contributed by atoms with Gasteiger partial charge < -0.3 is 9.47 Å². The molecule has 0 N–H and O–H groups in total. The molecule has 6 rings (SSSR count).